The van der Waals surface area contributed by atoms with Crippen LogP contribution in [-0.2, 0) is 10.0 Å². The molecule has 0 bridgehead atoms. The summed E-state index contributed by atoms with van der Waals surface area (Å²) in [4.78, 5) is 14.8. The van der Waals surface area contributed by atoms with Crippen LogP contribution in [0.1, 0.15) is 10.4 Å². The summed E-state index contributed by atoms with van der Waals surface area (Å²) in [6, 6.07) is 23.1. The Morgan fingerprint density at radius 2 is 1.45 bits per heavy atom. The quantitative estimate of drug-likeness (QED) is 0.452. The van der Waals surface area contributed by atoms with Gasteiger partial charge in [-0.05, 0) is 48.5 Å². The fourth-order valence-electron chi connectivity index (χ4n) is 3.47. The highest BCUT2D eigenvalue weighted by molar-refractivity contribution is 7.89. The molecular formula is C24H24N2O4S. The molecule has 6 nitrogen and oxygen atoms in total. The van der Waals surface area contributed by atoms with Crippen molar-refractivity contribution in [2.75, 3.05) is 33.2 Å². The van der Waals surface area contributed by atoms with E-state index >= 15 is 0 Å². The van der Waals surface area contributed by atoms with Gasteiger partial charge in [-0.2, -0.15) is 4.31 Å². The third kappa shape index (κ3) is 4.85. The summed E-state index contributed by atoms with van der Waals surface area (Å²) < 4.78 is 32.8. The first-order valence-corrected chi connectivity index (χ1v) is 11.5. The van der Waals surface area contributed by atoms with Gasteiger partial charge in [0, 0.05) is 26.2 Å². The number of nitrogens with zero attached hydrogens (tertiary/aromatic N) is 2. The summed E-state index contributed by atoms with van der Waals surface area (Å²) in [7, 11) is -1.69. The number of esters is 1. The molecule has 0 radical (unpaired) electrons. The molecule has 1 aliphatic heterocycles. The SMILES string of the molecule is CN1CCN(S(=O)(=O)c2cccc(C(=O)Oc3ccc(-c4ccccc4)cc3)c2)CC1. The van der Waals surface area contributed by atoms with Crippen LogP contribution in [0.25, 0.3) is 11.1 Å². The molecular weight excluding hydrogens is 412 g/mol. The Morgan fingerprint density at radius 1 is 0.806 bits per heavy atom. The maximum absolute atomic E-state index is 13.0. The Morgan fingerprint density at radius 3 is 2.13 bits per heavy atom. The number of piperazine rings is 1. The van der Waals surface area contributed by atoms with Gasteiger partial charge in [-0.15, -0.1) is 0 Å². The van der Waals surface area contributed by atoms with Crippen molar-refractivity contribution in [3.05, 3.63) is 84.4 Å². The Balaban J connectivity index is 1.48. The summed E-state index contributed by atoms with van der Waals surface area (Å²) in [6.07, 6.45) is 0. The topological polar surface area (TPSA) is 66.9 Å². The van der Waals surface area contributed by atoms with Crippen LogP contribution in [0, 0.1) is 0 Å². The molecule has 0 aromatic heterocycles. The molecule has 0 amide bonds. The van der Waals surface area contributed by atoms with E-state index in [4.69, 9.17) is 4.74 Å². The second-order valence-electron chi connectivity index (χ2n) is 7.52. The van der Waals surface area contributed by atoms with Crippen molar-refractivity contribution in [2.45, 2.75) is 4.90 Å². The number of rotatable bonds is 5. The summed E-state index contributed by atoms with van der Waals surface area (Å²) >= 11 is 0. The average molecular weight is 437 g/mol. The van der Waals surface area contributed by atoms with Crippen LogP contribution in [0.4, 0.5) is 0 Å². The number of sulfonamides is 1. The van der Waals surface area contributed by atoms with Crippen LogP contribution in [0.15, 0.2) is 83.8 Å². The van der Waals surface area contributed by atoms with Gasteiger partial charge >= 0.3 is 5.97 Å². The van der Waals surface area contributed by atoms with E-state index in [1.54, 1.807) is 24.3 Å². The molecule has 160 valence electrons. The lowest BCUT2D eigenvalue weighted by molar-refractivity contribution is 0.0734. The fourth-order valence-corrected chi connectivity index (χ4v) is 4.94. The van der Waals surface area contributed by atoms with Crippen LogP contribution in [-0.4, -0.2) is 56.8 Å². The second kappa shape index (κ2) is 9.01. The van der Waals surface area contributed by atoms with Gasteiger partial charge in [-0.1, -0.05) is 48.5 Å². The smallest absolute Gasteiger partial charge is 0.343 e. The van der Waals surface area contributed by atoms with Crippen molar-refractivity contribution in [1.82, 2.24) is 9.21 Å². The number of ether oxygens (including phenoxy) is 1. The highest BCUT2D eigenvalue weighted by Gasteiger charge is 2.28. The van der Waals surface area contributed by atoms with Crippen molar-refractivity contribution in [2.24, 2.45) is 0 Å². The normalized spacial score (nSPS) is 15.5. The van der Waals surface area contributed by atoms with Gasteiger partial charge in [0.25, 0.3) is 0 Å². The van der Waals surface area contributed by atoms with Gasteiger partial charge in [0.15, 0.2) is 0 Å². The lowest BCUT2D eigenvalue weighted by Gasteiger charge is -2.31. The molecule has 1 saturated heterocycles. The Hall–Kier alpha value is -3.00. The van der Waals surface area contributed by atoms with E-state index in [1.165, 1.54) is 16.4 Å². The molecule has 4 rings (SSSR count). The molecule has 0 spiro atoms. The maximum Gasteiger partial charge on any atom is 0.343 e. The van der Waals surface area contributed by atoms with Crippen LogP contribution < -0.4 is 4.74 Å². The molecule has 0 atom stereocenters. The van der Waals surface area contributed by atoms with Crippen molar-refractivity contribution in [1.29, 1.82) is 0 Å². The Labute approximate surface area is 182 Å². The first-order valence-electron chi connectivity index (χ1n) is 10.1. The molecule has 3 aromatic carbocycles. The van der Waals surface area contributed by atoms with Crippen molar-refractivity contribution in [3.8, 4) is 16.9 Å². The minimum atomic E-state index is -3.65. The van der Waals surface area contributed by atoms with Crippen molar-refractivity contribution < 1.29 is 17.9 Å². The van der Waals surface area contributed by atoms with Crippen molar-refractivity contribution >= 4 is 16.0 Å². The van der Waals surface area contributed by atoms with E-state index in [0.29, 0.717) is 31.9 Å². The molecule has 1 heterocycles. The van der Waals surface area contributed by atoms with Gasteiger partial charge in [0.2, 0.25) is 10.0 Å². The third-order valence-electron chi connectivity index (χ3n) is 5.34. The lowest BCUT2D eigenvalue weighted by atomic mass is 10.1. The maximum atomic E-state index is 13.0. The van der Waals surface area contributed by atoms with E-state index in [1.807, 2.05) is 49.5 Å². The predicted octanol–water partition coefficient (Wildman–Crippen LogP) is 3.51. The predicted molar refractivity (Wildman–Crippen MR) is 120 cm³/mol. The van der Waals surface area contributed by atoms with Gasteiger partial charge in [-0.25, -0.2) is 13.2 Å². The zero-order chi connectivity index (χ0) is 21.8. The van der Waals surface area contributed by atoms with E-state index in [2.05, 4.69) is 4.90 Å². The largest absolute Gasteiger partial charge is 0.423 e. The van der Waals surface area contributed by atoms with E-state index in [9.17, 15) is 13.2 Å². The molecule has 0 N–H and O–H groups in total. The highest BCUT2D eigenvalue weighted by atomic mass is 32.2. The van der Waals surface area contributed by atoms with Gasteiger partial charge in [0.1, 0.15) is 5.75 Å². The van der Waals surface area contributed by atoms with E-state index < -0.39 is 16.0 Å². The number of carbonyl (C=O) groups excluding carboxylic acids is 1. The second-order valence-corrected chi connectivity index (χ2v) is 9.45. The van der Waals surface area contributed by atoms with E-state index in [-0.39, 0.29) is 10.5 Å². The third-order valence-corrected chi connectivity index (χ3v) is 7.24. The summed E-state index contributed by atoms with van der Waals surface area (Å²) in [5.74, 6) is -0.195. The number of likely N-dealkylation sites (N-methyl/N-ethyl adjacent to an activating group) is 1. The molecule has 0 unspecified atom stereocenters. The molecule has 31 heavy (non-hydrogen) atoms. The molecule has 7 heteroatoms. The minimum Gasteiger partial charge on any atom is -0.423 e. The molecule has 1 fully saturated rings. The minimum absolute atomic E-state index is 0.103. The zero-order valence-electron chi connectivity index (χ0n) is 17.3. The molecule has 0 aliphatic carbocycles. The van der Waals surface area contributed by atoms with Crippen LogP contribution in [0.3, 0.4) is 0 Å². The molecule has 3 aromatic rings. The van der Waals surface area contributed by atoms with Crippen LogP contribution in [0.2, 0.25) is 0 Å². The number of benzene rings is 3. The Kier molecular flexibility index (Phi) is 6.18. The number of hydrogen-bond acceptors (Lipinski definition) is 5. The highest BCUT2D eigenvalue weighted by Crippen LogP contribution is 2.23. The molecule has 1 aliphatic rings. The summed E-state index contributed by atoms with van der Waals surface area (Å²) in [5.41, 5.74) is 2.28. The standard InChI is InChI=1S/C24H24N2O4S/c1-25-14-16-26(17-15-25)31(28,29)23-9-5-8-21(18-23)24(27)30-22-12-10-20(11-13-22)19-6-3-2-4-7-19/h2-13,18H,14-17H2,1H3. The first-order chi connectivity index (χ1) is 14.9. The van der Waals surface area contributed by atoms with Crippen LogP contribution >= 0.6 is 0 Å². The van der Waals surface area contributed by atoms with Gasteiger partial charge < -0.3 is 9.64 Å². The monoisotopic (exact) mass is 436 g/mol. The molecule has 0 saturated carbocycles. The summed E-state index contributed by atoms with van der Waals surface area (Å²) in [6.45, 7) is 2.22. The zero-order valence-corrected chi connectivity index (χ0v) is 18.1. The van der Waals surface area contributed by atoms with E-state index in [0.717, 1.165) is 11.1 Å². The average Bonchev–Trinajstić information content (AvgIpc) is 2.80. The van der Waals surface area contributed by atoms with Gasteiger partial charge in [0.05, 0.1) is 10.5 Å². The van der Waals surface area contributed by atoms with Gasteiger partial charge in [-0.3, -0.25) is 0 Å². The number of carbonyl (C=O) groups is 1. The summed E-state index contributed by atoms with van der Waals surface area (Å²) in [5, 5.41) is 0. The van der Waals surface area contributed by atoms with Crippen LogP contribution in [0.5, 0.6) is 5.75 Å². The fraction of sp³-hybridized carbons (Fsp3) is 0.208. The lowest BCUT2D eigenvalue weighted by Crippen LogP contribution is -2.47. The Bertz CT molecular complexity index is 1150. The van der Waals surface area contributed by atoms with Crippen molar-refractivity contribution in [3.63, 3.8) is 0 Å². The first kappa shape index (κ1) is 21.2. The number of hydrogen-bond donors (Lipinski definition) is 0.